The van der Waals surface area contributed by atoms with Crippen LogP contribution in [0.15, 0.2) is 29.0 Å². The highest BCUT2D eigenvalue weighted by molar-refractivity contribution is 5.96. The summed E-state index contributed by atoms with van der Waals surface area (Å²) in [5.41, 5.74) is 8.35. The van der Waals surface area contributed by atoms with Gasteiger partial charge in [-0.25, -0.2) is 0 Å². The second-order valence-corrected chi connectivity index (χ2v) is 5.17. The fraction of sp³-hybridized carbons (Fsp3) is 0.400. The Kier molecular flexibility index (Phi) is 4.70. The Labute approximate surface area is 123 Å². The van der Waals surface area contributed by atoms with Crippen LogP contribution in [-0.4, -0.2) is 22.1 Å². The van der Waals surface area contributed by atoms with Crippen molar-refractivity contribution in [2.24, 2.45) is 11.7 Å². The van der Waals surface area contributed by atoms with Crippen LogP contribution in [0.4, 0.5) is 5.69 Å². The first kappa shape index (κ1) is 15.2. The summed E-state index contributed by atoms with van der Waals surface area (Å²) in [4.78, 5) is 12.2. The van der Waals surface area contributed by atoms with Crippen LogP contribution in [0, 0.1) is 12.8 Å². The molecule has 0 aliphatic heterocycles. The molecule has 0 saturated carbocycles. The van der Waals surface area contributed by atoms with Crippen LogP contribution in [0.1, 0.15) is 25.8 Å². The Bertz CT molecular complexity index is 610. The maximum Gasteiger partial charge on any atom is 0.247 e. The molecule has 0 bridgehead atoms. The number of amides is 1. The summed E-state index contributed by atoms with van der Waals surface area (Å²) >= 11 is 0. The largest absolute Gasteiger partial charge is 0.423 e. The van der Waals surface area contributed by atoms with E-state index in [2.05, 4.69) is 15.5 Å². The molecule has 2 atom stereocenters. The molecule has 2 aromatic rings. The zero-order chi connectivity index (χ0) is 15.4. The van der Waals surface area contributed by atoms with E-state index in [1.807, 2.05) is 39.0 Å². The van der Waals surface area contributed by atoms with E-state index in [1.54, 1.807) is 0 Å². The van der Waals surface area contributed by atoms with Gasteiger partial charge in [-0.3, -0.25) is 4.79 Å². The fourth-order valence-electron chi connectivity index (χ4n) is 1.92. The van der Waals surface area contributed by atoms with Crippen LogP contribution in [0.2, 0.25) is 0 Å². The first-order chi connectivity index (χ1) is 10.0. The quantitative estimate of drug-likeness (QED) is 0.880. The molecule has 1 aromatic heterocycles. The minimum absolute atomic E-state index is 0.129. The third-order valence-electron chi connectivity index (χ3n) is 3.66. The number of nitrogens with one attached hydrogen (secondary N) is 1. The Morgan fingerprint density at radius 3 is 2.86 bits per heavy atom. The molecule has 1 aromatic carbocycles. The van der Waals surface area contributed by atoms with Crippen LogP contribution in [0.25, 0.3) is 11.5 Å². The Morgan fingerprint density at radius 1 is 1.48 bits per heavy atom. The predicted molar refractivity (Wildman–Crippen MR) is 80.5 cm³/mol. The first-order valence-corrected chi connectivity index (χ1v) is 6.96. The molecule has 112 valence electrons. The van der Waals surface area contributed by atoms with Gasteiger partial charge in [0.25, 0.3) is 0 Å². The number of aromatic nitrogens is 2. The average molecular weight is 288 g/mol. The highest BCUT2D eigenvalue weighted by atomic mass is 16.4. The van der Waals surface area contributed by atoms with E-state index in [0.717, 1.165) is 17.5 Å². The molecule has 0 fully saturated rings. The number of carbonyl (C=O) groups is 1. The van der Waals surface area contributed by atoms with Gasteiger partial charge in [-0.2, -0.15) is 0 Å². The van der Waals surface area contributed by atoms with Gasteiger partial charge < -0.3 is 15.5 Å². The van der Waals surface area contributed by atoms with Crippen molar-refractivity contribution in [2.45, 2.75) is 33.2 Å². The number of anilines is 1. The molecule has 0 radical (unpaired) electrons. The van der Waals surface area contributed by atoms with Gasteiger partial charge in [-0.1, -0.05) is 26.3 Å². The first-order valence-electron chi connectivity index (χ1n) is 6.96. The molecule has 1 unspecified atom stereocenters. The van der Waals surface area contributed by atoms with Crippen LogP contribution >= 0.6 is 0 Å². The number of rotatable bonds is 5. The van der Waals surface area contributed by atoms with Crippen LogP contribution < -0.4 is 11.1 Å². The van der Waals surface area contributed by atoms with Crippen molar-refractivity contribution >= 4 is 11.6 Å². The number of benzene rings is 1. The zero-order valence-electron chi connectivity index (χ0n) is 12.5. The van der Waals surface area contributed by atoms with E-state index in [0.29, 0.717) is 11.6 Å². The minimum atomic E-state index is -0.526. The number of aryl methyl sites for hydroxylation is 1. The lowest BCUT2D eigenvalue weighted by Crippen LogP contribution is -2.40. The maximum absolute atomic E-state index is 12.2. The zero-order valence-corrected chi connectivity index (χ0v) is 12.5. The topological polar surface area (TPSA) is 94.0 Å². The normalized spacial score (nSPS) is 13.7. The SMILES string of the molecule is CCC(C)[C@H](N)C(=O)Nc1cc(-c2nnco2)ccc1C. The molecule has 1 heterocycles. The Hall–Kier alpha value is -2.21. The third kappa shape index (κ3) is 3.46. The smallest absolute Gasteiger partial charge is 0.247 e. The number of hydrogen-bond acceptors (Lipinski definition) is 5. The lowest BCUT2D eigenvalue weighted by atomic mass is 9.99. The van der Waals surface area contributed by atoms with Gasteiger partial charge in [0.05, 0.1) is 6.04 Å². The van der Waals surface area contributed by atoms with E-state index >= 15 is 0 Å². The van der Waals surface area contributed by atoms with Crippen molar-refractivity contribution in [2.75, 3.05) is 5.32 Å². The van der Waals surface area contributed by atoms with E-state index in [1.165, 1.54) is 6.39 Å². The van der Waals surface area contributed by atoms with Crippen molar-refractivity contribution < 1.29 is 9.21 Å². The van der Waals surface area contributed by atoms with Crippen LogP contribution in [-0.2, 0) is 4.79 Å². The third-order valence-corrected chi connectivity index (χ3v) is 3.66. The summed E-state index contributed by atoms with van der Waals surface area (Å²) in [5.74, 6) is 0.358. The Balaban J connectivity index is 2.20. The molecular formula is C15H20N4O2. The molecule has 1 amide bonds. The van der Waals surface area contributed by atoms with E-state index in [4.69, 9.17) is 10.2 Å². The van der Waals surface area contributed by atoms with Gasteiger partial charge in [0, 0.05) is 11.3 Å². The lowest BCUT2D eigenvalue weighted by molar-refractivity contribution is -0.118. The molecule has 0 aliphatic carbocycles. The number of nitrogens with zero attached hydrogens (tertiary/aromatic N) is 2. The molecule has 0 saturated heterocycles. The lowest BCUT2D eigenvalue weighted by Gasteiger charge is -2.18. The van der Waals surface area contributed by atoms with Crippen LogP contribution in [0.3, 0.4) is 0 Å². The standard InChI is InChI=1S/C15H20N4O2/c1-4-9(2)13(16)14(20)18-12-7-11(6-5-10(12)3)15-19-17-8-21-15/h5-9,13H,4,16H2,1-3H3,(H,18,20)/t9?,13-/m0/s1. The molecule has 21 heavy (non-hydrogen) atoms. The average Bonchev–Trinajstić information content (AvgIpc) is 3.02. The summed E-state index contributed by atoms with van der Waals surface area (Å²) in [5, 5.41) is 10.4. The van der Waals surface area contributed by atoms with Crippen molar-refractivity contribution in [1.29, 1.82) is 0 Å². The fourth-order valence-corrected chi connectivity index (χ4v) is 1.92. The Morgan fingerprint density at radius 2 is 2.24 bits per heavy atom. The van der Waals surface area contributed by atoms with Gasteiger partial charge in [-0.15, -0.1) is 10.2 Å². The van der Waals surface area contributed by atoms with Gasteiger partial charge >= 0.3 is 0 Å². The highest BCUT2D eigenvalue weighted by Gasteiger charge is 2.20. The molecule has 6 nitrogen and oxygen atoms in total. The van der Waals surface area contributed by atoms with Crippen molar-refractivity contribution in [3.63, 3.8) is 0 Å². The monoisotopic (exact) mass is 288 g/mol. The van der Waals surface area contributed by atoms with Crippen molar-refractivity contribution in [3.05, 3.63) is 30.2 Å². The maximum atomic E-state index is 12.2. The number of hydrogen-bond donors (Lipinski definition) is 2. The van der Waals surface area contributed by atoms with Crippen LogP contribution in [0.5, 0.6) is 0 Å². The highest BCUT2D eigenvalue weighted by Crippen LogP contribution is 2.24. The van der Waals surface area contributed by atoms with E-state index in [-0.39, 0.29) is 11.8 Å². The van der Waals surface area contributed by atoms with E-state index < -0.39 is 6.04 Å². The molecule has 0 spiro atoms. The molecule has 2 rings (SSSR count). The second kappa shape index (κ2) is 6.49. The van der Waals surface area contributed by atoms with Gasteiger partial charge in [0.15, 0.2) is 0 Å². The number of carbonyl (C=O) groups excluding carboxylic acids is 1. The summed E-state index contributed by atoms with van der Waals surface area (Å²) in [6.45, 7) is 5.90. The minimum Gasteiger partial charge on any atom is -0.423 e. The van der Waals surface area contributed by atoms with Crippen molar-refractivity contribution in [1.82, 2.24) is 10.2 Å². The summed E-state index contributed by atoms with van der Waals surface area (Å²) in [6, 6.07) is 5.04. The van der Waals surface area contributed by atoms with E-state index in [9.17, 15) is 4.79 Å². The summed E-state index contributed by atoms with van der Waals surface area (Å²) in [6.07, 6.45) is 2.13. The molecule has 3 N–H and O–H groups in total. The van der Waals surface area contributed by atoms with Gasteiger partial charge in [0.1, 0.15) is 0 Å². The van der Waals surface area contributed by atoms with Gasteiger partial charge in [0.2, 0.25) is 18.2 Å². The molecular weight excluding hydrogens is 268 g/mol. The van der Waals surface area contributed by atoms with Crippen molar-refractivity contribution in [3.8, 4) is 11.5 Å². The molecule has 0 aliphatic rings. The molecule has 6 heteroatoms. The number of nitrogens with two attached hydrogens (primary N) is 1. The van der Waals surface area contributed by atoms with Gasteiger partial charge in [-0.05, 0) is 30.5 Å². The summed E-state index contributed by atoms with van der Waals surface area (Å²) in [7, 11) is 0. The predicted octanol–water partition coefficient (Wildman–Crippen LogP) is 2.36. The second-order valence-electron chi connectivity index (χ2n) is 5.17. The summed E-state index contributed by atoms with van der Waals surface area (Å²) < 4.78 is 5.16.